The highest BCUT2D eigenvalue weighted by Gasteiger charge is 2.43. The molecule has 2 aliphatic carbocycles. The zero-order chi connectivity index (χ0) is 27.4. The van der Waals surface area contributed by atoms with Crippen molar-refractivity contribution in [3.8, 4) is 6.07 Å². The molecule has 0 bridgehead atoms. The Morgan fingerprint density at radius 3 is 2.56 bits per heavy atom. The van der Waals surface area contributed by atoms with Crippen LogP contribution in [0.15, 0.2) is 12.4 Å². The van der Waals surface area contributed by atoms with Crippen molar-refractivity contribution in [3.63, 3.8) is 0 Å². The van der Waals surface area contributed by atoms with Gasteiger partial charge in [0.15, 0.2) is 10.9 Å². The molecule has 4 aromatic heterocycles. The molecule has 11 nitrogen and oxygen atoms in total. The zero-order valence-corrected chi connectivity index (χ0v) is 23.4. The second-order valence-electron chi connectivity index (χ2n) is 10.4. The number of amides is 2. The lowest BCUT2D eigenvalue weighted by Crippen LogP contribution is -2.36. The highest BCUT2D eigenvalue weighted by molar-refractivity contribution is 7.17. The van der Waals surface area contributed by atoms with Crippen LogP contribution >= 0.6 is 11.3 Å². The molecule has 0 spiro atoms. The van der Waals surface area contributed by atoms with E-state index in [1.165, 1.54) is 16.2 Å². The van der Waals surface area contributed by atoms with E-state index in [2.05, 4.69) is 26.3 Å². The van der Waals surface area contributed by atoms with Crippen molar-refractivity contribution < 1.29 is 9.59 Å². The van der Waals surface area contributed by atoms with Crippen LogP contribution in [0.4, 0.5) is 10.9 Å². The fraction of sp³-hybridized carbons (Fsp3) is 0.481. The number of nitrogens with zero attached hydrogens (tertiary/aromatic N) is 8. The molecule has 1 N–H and O–H groups in total. The van der Waals surface area contributed by atoms with Gasteiger partial charge in [0.2, 0.25) is 0 Å². The highest BCUT2D eigenvalue weighted by Crippen LogP contribution is 2.40. The Labute approximate surface area is 230 Å². The minimum atomic E-state index is -0.168. The number of nitrogens with one attached hydrogen (secondary N) is 1. The number of fused-ring (bicyclic) bond motifs is 3. The monoisotopic (exact) mass is 545 g/mol. The van der Waals surface area contributed by atoms with E-state index < -0.39 is 0 Å². The molecular weight excluding hydrogens is 514 g/mol. The average Bonchev–Trinajstić information content (AvgIpc) is 3.84. The van der Waals surface area contributed by atoms with E-state index in [-0.39, 0.29) is 18.2 Å². The number of nitriles is 1. The Kier molecular flexibility index (Phi) is 6.26. The molecule has 0 radical (unpaired) electrons. The van der Waals surface area contributed by atoms with Gasteiger partial charge >= 0.3 is 0 Å². The molecule has 6 rings (SSSR count). The lowest BCUT2D eigenvalue weighted by Gasteiger charge is -2.22. The number of carbonyl (C=O) groups is 2. The second-order valence-corrected chi connectivity index (χ2v) is 11.4. The summed E-state index contributed by atoms with van der Waals surface area (Å²) in [4.78, 5) is 45.0. The molecule has 4 heterocycles. The van der Waals surface area contributed by atoms with Crippen LogP contribution in [0.25, 0.3) is 22.1 Å². The average molecular weight is 546 g/mol. The van der Waals surface area contributed by atoms with Gasteiger partial charge in [-0.3, -0.25) is 9.59 Å². The molecule has 4 aromatic rings. The Morgan fingerprint density at radius 1 is 1.21 bits per heavy atom. The van der Waals surface area contributed by atoms with Crippen molar-refractivity contribution in [1.29, 1.82) is 5.26 Å². The Hall–Kier alpha value is -3.98. The molecule has 2 fully saturated rings. The summed E-state index contributed by atoms with van der Waals surface area (Å²) in [6, 6.07) is 4.76. The maximum atomic E-state index is 13.8. The molecule has 0 unspecified atom stereocenters. The third kappa shape index (κ3) is 4.40. The number of imidazole rings is 1. The Bertz CT molecular complexity index is 1640. The van der Waals surface area contributed by atoms with Crippen LogP contribution in [0.3, 0.4) is 0 Å². The number of aromatic nitrogens is 5. The van der Waals surface area contributed by atoms with Crippen LogP contribution in [0.1, 0.15) is 64.9 Å². The van der Waals surface area contributed by atoms with Gasteiger partial charge in [-0.05, 0) is 45.6 Å². The van der Waals surface area contributed by atoms with Crippen molar-refractivity contribution in [2.45, 2.75) is 64.6 Å². The van der Waals surface area contributed by atoms with Gasteiger partial charge in [0.1, 0.15) is 21.7 Å². The summed E-state index contributed by atoms with van der Waals surface area (Å²) in [6.07, 6.45) is 6.34. The summed E-state index contributed by atoms with van der Waals surface area (Å²) in [5, 5.41) is 13.6. The third-order valence-electron chi connectivity index (χ3n) is 7.47. The first kappa shape index (κ1) is 25.3. The predicted molar refractivity (Wildman–Crippen MR) is 149 cm³/mol. The van der Waals surface area contributed by atoms with Crippen LogP contribution in [0, 0.1) is 18.3 Å². The molecule has 12 heteroatoms. The van der Waals surface area contributed by atoms with Crippen LogP contribution < -0.4 is 5.32 Å². The SMILES string of the molecule is CCn1c(C(=O)N(C2CC2)C2CC2)cc2c3c(ncn3C)c(Nc3nc(C)c(C(=O)N(C)CCC#N)s3)nc21. The van der Waals surface area contributed by atoms with E-state index in [1.807, 2.05) is 29.2 Å². The number of rotatable bonds is 9. The van der Waals surface area contributed by atoms with Crippen LogP contribution in [0.2, 0.25) is 0 Å². The van der Waals surface area contributed by atoms with Gasteiger partial charge in [-0.15, -0.1) is 0 Å². The molecule has 39 heavy (non-hydrogen) atoms. The van der Waals surface area contributed by atoms with E-state index in [0.29, 0.717) is 63.6 Å². The topological polar surface area (TPSA) is 125 Å². The molecule has 2 saturated carbocycles. The lowest BCUT2D eigenvalue weighted by atomic mass is 10.2. The lowest BCUT2D eigenvalue weighted by molar-refractivity contribution is 0.0718. The first-order valence-electron chi connectivity index (χ1n) is 13.4. The third-order valence-corrected chi connectivity index (χ3v) is 8.54. The van der Waals surface area contributed by atoms with Crippen molar-refractivity contribution in [2.24, 2.45) is 7.05 Å². The smallest absolute Gasteiger partial charge is 0.271 e. The summed E-state index contributed by atoms with van der Waals surface area (Å²) < 4.78 is 3.95. The van der Waals surface area contributed by atoms with E-state index in [0.717, 1.165) is 36.6 Å². The predicted octanol–water partition coefficient (Wildman–Crippen LogP) is 4.20. The first-order chi connectivity index (χ1) is 18.8. The summed E-state index contributed by atoms with van der Waals surface area (Å²) in [7, 11) is 3.62. The maximum absolute atomic E-state index is 13.8. The van der Waals surface area contributed by atoms with Gasteiger partial charge in [0.05, 0.1) is 30.0 Å². The van der Waals surface area contributed by atoms with Crippen molar-refractivity contribution >= 4 is 56.2 Å². The standard InChI is InChI=1S/C27H31N9O2S/c1-5-35-19(25(37)36(16-7-8-16)17-9-10-17)13-18-21-20(29-14-34(21)4)23(31-24(18)35)32-27-30-15(2)22(39-27)26(38)33(3)12-6-11-28/h13-14,16-17H,5-10,12H2,1-4H3,(H,30,31,32). The van der Waals surface area contributed by atoms with E-state index >= 15 is 0 Å². The number of hydrogen-bond donors (Lipinski definition) is 1. The van der Waals surface area contributed by atoms with E-state index in [9.17, 15) is 9.59 Å². The molecular formula is C27H31N9O2S. The zero-order valence-electron chi connectivity index (χ0n) is 22.6. The van der Waals surface area contributed by atoms with Gasteiger partial charge in [0.25, 0.3) is 11.8 Å². The summed E-state index contributed by atoms with van der Waals surface area (Å²) >= 11 is 1.25. The molecule has 0 saturated heterocycles. The normalized spacial score (nSPS) is 15.1. The van der Waals surface area contributed by atoms with Crippen molar-refractivity contribution in [3.05, 3.63) is 28.7 Å². The molecule has 202 valence electrons. The minimum Gasteiger partial charge on any atom is -0.340 e. The van der Waals surface area contributed by atoms with Crippen molar-refractivity contribution in [1.82, 2.24) is 33.9 Å². The molecule has 2 amide bonds. The quantitative estimate of drug-likeness (QED) is 0.334. The number of anilines is 2. The van der Waals surface area contributed by atoms with Gasteiger partial charge in [0, 0.05) is 44.7 Å². The number of thiazole rings is 1. The highest BCUT2D eigenvalue weighted by atomic mass is 32.1. The molecule has 0 aromatic carbocycles. The number of carbonyl (C=O) groups excluding carboxylic acids is 2. The maximum Gasteiger partial charge on any atom is 0.271 e. The number of pyridine rings is 1. The fourth-order valence-electron chi connectivity index (χ4n) is 5.21. The molecule has 2 aliphatic rings. The first-order valence-corrected chi connectivity index (χ1v) is 14.2. The van der Waals surface area contributed by atoms with Gasteiger partial charge in [-0.2, -0.15) is 5.26 Å². The van der Waals surface area contributed by atoms with Crippen LogP contribution in [-0.2, 0) is 13.6 Å². The number of aryl methyl sites for hydroxylation is 3. The van der Waals surface area contributed by atoms with E-state index in [1.54, 1.807) is 20.3 Å². The Balaban J connectivity index is 1.40. The minimum absolute atomic E-state index is 0.0869. The molecule has 0 atom stereocenters. The van der Waals surface area contributed by atoms with Gasteiger partial charge < -0.3 is 24.3 Å². The number of hydrogen-bond acceptors (Lipinski definition) is 8. The summed E-state index contributed by atoms with van der Waals surface area (Å²) in [6.45, 7) is 4.79. The largest absolute Gasteiger partial charge is 0.340 e. The van der Waals surface area contributed by atoms with Gasteiger partial charge in [-0.25, -0.2) is 15.0 Å². The fourth-order valence-corrected chi connectivity index (χ4v) is 6.17. The Morgan fingerprint density at radius 2 is 1.92 bits per heavy atom. The summed E-state index contributed by atoms with van der Waals surface area (Å²) in [5.74, 6) is 0.444. The second kappa shape index (κ2) is 9.64. The summed E-state index contributed by atoms with van der Waals surface area (Å²) in [5.41, 5.74) is 3.54. The van der Waals surface area contributed by atoms with Crippen LogP contribution in [0.5, 0.6) is 0 Å². The molecule has 0 aliphatic heterocycles. The van der Waals surface area contributed by atoms with E-state index in [4.69, 9.17) is 10.2 Å². The van der Waals surface area contributed by atoms with Gasteiger partial charge in [-0.1, -0.05) is 11.3 Å². The van der Waals surface area contributed by atoms with Crippen molar-refractivity contribution in [2.75, 3.05) is 18.9 Å². The van der Waals surface area contributed by atoms with Crippen LogP contribution in [-0.4, -0.2) is 71.4 Å².